The molecule has 0 saturated carbocycles. The van der Waals surface area contributed by atoms with Gasteiger partial charge < -0.3 is 14.6 Å². The maximum absolute atomic E-state index is 12.2. The zero-order valence-corrected chi connectivity index (χ0v) is 14.3. The molecule has 1 saturated heterocycles. The highest BCUT2D eigenvalue weighted by molar-refractivity contribution is 9.10. The quantitative estimate of drug-likeness (QED) is 0.743. The minimum absolute atomic E-state index is 0.0572. The summed E-state index contributed by atoms with van der Waals surface area (Å²) in [7, 11) is 0. The predicted octanol–water partition coefficient (Wildman–Crippen LogP) is 1.90. The van der Waals surface area contributed by atoms with E-state index in [0.29, 0.717) is 0 Å². The molecule has 7 nitrogen and oxygen atoms in total. The summed E-state index contributed by atoms with van der Waals surface area (Å²) >= 11 is 3.26. The lowest BCUT2D eigenvalue weighted by molar-refractivity contribution is 0.0929. The fraction of sp³-hybridized carbons (Fsp3) is 0.250. The number of hydrogen-bond donors (Lipinski definition) is 1. The molecular weight excluding hydrogens is 372 g/mol. The molecule has 0 radical (unpaired) electrons. The Bertz CT molecular complexity index is 878. The summed E-state index contributed by atoms with van der Waals surface area (Å²) in [5.41, 5.74) is 1.07. The molecule has 0 aromatic carbocycles. The van der Waals surface area contributed by atoms with Gasteiger partial charge in [0.2, 0.25) is 5.82 Å². The fourth-order valence-electron chi connectivity index (χ4n) is 2.95. The predicted molar refractivity (Wildman–Crippen MR) is 93.0 cm³/mol. The van der Waals surface area contributed by atoms with E-state index >= 15 is 0 Å². The van der Waals surface area contributed by atoms with Gasteiger partial charge in [-0.25, -0.2) is 15.0 Å². The van der Waals surface area contributed by atoms with E-state index in [1.54, 1.807) is 18.6 Å². The van der Waals surface area contributed by atoms with E-state index in [2.05, 4.69) is 41.1 Å². The Morgan fingerprint density at radius 3 is 2.92 bits per heavy atom. The van der Waals surface area contributed by atoms with E-state index < -0.39 is 0 Å². The van der Waals surface area contributed by atoms with Crippen molar-refractivity contribution in [2.45, 2.75) is 12.5 Å². The van der Waals surface area contributed by atoms with Crippen molar-refractivity contribution in [3.63, 3.8) is 0 Å². The summed E-state index contributed by atoms with van der Waals surface area (Å²) in [6.07, 6.45) is 9.73. The summed E-state index contributed by atoms with van der Waals surface area (Å²) < 4.78 is 2.79. The molecule has 3 aromatic rings. The molecule has 1 fully saturated rings. The molecule has 1 atom stereocenters. The van der Waals surface area contributed by atoms with E-state index in [4.69, 9.17) is 0 Å². The summed E-state index contributed by atoms with van der Waals surface area (Å²) in [6.45, 7) is 1.57. The van der Waals surface area contributed by atoms with Gasteiger partial charge in [-0.2, -0.15) is 0 Å². The van der Waals surface area contributed by atoms with Gasteiger partial charge in [-0.05, 0) is 34.5 Å². The molecule has 1 amide bonds. The van der Waals surface area contributed by atoms with Crippen LogP contribution in [-0.2, 0) is 0 Å². The molecule has 1 unspecified atom stereocenters. The Kier molecular flexibility index (Phi) is 3.89. The lowest BCUT2D eigenvalue weighted by Gasteiger charge is -2.18. The number of aromatic nitrogens is 4. The van der Waals surface area contributed by atoms with Crippen LogP contribution in [0.1, 0.15) is 17.0 Å². The molecule has 0 spiro atoms. The number of halogens is 1. The molecule has 3 aromatic heterocycles. The van der Waals surface area contributed by atoms with E-state index in [1.165, 1.54) is 0 Å². The van der Waals surface area contributed by atoms with Crippen LogP contribution in [0.2, 0.25) is 0 Å². The number of carbonyl (C=O) groups is 1. The van der Waals surface area contributed by atoms with Gasteiger partial charge in [0.15, 0.2) is 5.82 Å². The molecular formula is C16H15BrN6O. The van der Waals surface area contributed by atoms with Crippen LogP contribution in [0.25, 0.3) is 5.52 Å². The lowest BCUT2D eigenvalue weighted by atomic mass is 10.2. The third kappa shape index (κ3) is 2.84. The van der Waals surface area contributed by atoms with Crippen molar-refractivity contribution in [3.8, 4) is 0 Å². The Morgan fingerprint density at radius 2 is 2.08 bits per heavy atom. The monoisotopic (exact) mass is 386 g/mol. The second kappa shape index (κ2) is 6.20. The standard InChI is InChI=1S/C16H15BrN6O/c17-11-8-19-14(20-9-11)16(24)21-12-3-6-23(10-12)15-13-2-1-5-22(13)7-4-18-15/h1-2,4-5,7-9,12H,3,6,10H2,(H,21,24). The van der Waals surface area contributed by atoms with E-state index in [9.17, 15) is 4.79 Å². The number of amides is 1. The van der Waals surface area contributed by atoms with E-state index in [-0.39, 0.29) is 17.8 Å². The number of hydrogen-bond acceptors (Lipinski definition) is 5. The Labute approximate surface area is 146 Å². The van der Waals surface area contributed by atoms with Gasteiger partial charge in [0.25, 0.3) is 5.91 Å². The Morgan fingerprint density at radius 1 is 1.25 bits per heavy atom. The summed E-state index contributed by atoms with van der Waals surface area (Å²) in [6, 6.07) is 4.10. The summed E-state index contributed by atoms with van der Waals surface area (Å²) in [5.74, 6) is 0.880. The fourth-order valence-corrected chi connectivity index (χ4v) is 3.15. The molecule has 0 bridgehead atoms. The lowest BCUT2D eigenvalue weighted by Crippen LogP contribution is -2.38. The molecule has 24 heavy (non-hydrogen) atoms. The van der Waals surface area contributed by atoms with Crippen LogP contribution in [0.4, 0.5) is 5.82 Å². The zero-order chi connectivity index (χ0) is 16.5. The summed E-state index contributed by atoms with van der Waals surface area (Å²) in [4.78, 5) is 27.0. The molecule has 1 aliphatic rings. The molecule has 122 valence electrons. The molecule has 1 aliphatic heterocycles. The van der Waals surface area contributed by atoms with Crippen molar-refractivity contribution in [1.29, 1.82) is 0 Å². The molecule has 4 rings (SSSR count). The van der Waals surface area contributed by atoms with Crippen LogP contribution in [0.5, 0.6) is 0 Å². The van der Waals surface area contributed by atoms with E-state index in [1.807, 2.05) is 28.9 Å². The molecule has 1 N–H and O–H groups in total. The Balaban J connectivity index is 1.46. The topological polar surface area (TPSA) is 75.4 Å². The van der Waals surface area contributed by atoms with Crippen molar-refractivity contribution >= 4 is 33.2 Å². The largest absolute Gasteiger partial charge is 0.353 e. The zero-order valence-electron chi connectivity index (χ0n) is 12.8. The smallest absolute Gasteiger partial charge is 0.289 e. The van der Waals surface area contributed by atoms with Gasteiger partial charge in [0.1, 0.15) is 0 Å². The highest BCUT2D eigenvalue weighted by Gasteiger charge is 2.26. The number of carbonyl (C=O) groups excluding carboxylic acids is 1. The highest BCUT2D eigenvalue weighted by atomic mass is 79.9. The Hall–Kier alpha value is -2.48. The average Bonchev–Trinajstić information content (AvgIpc) is 3.24. The molecule has 8 heteroatoms. The van der Waals surface area contributed by atoms with Crippen LogP contribution in [0.3, 0.4) is 0 Å². The van der Waals surface area contributed by atoms with Gasteiger partial charge in [0, 0.05) is 50.1 Å². The average molecular weight is 387 g/mol. The first kappa shape index (κ1) is 15.1. The normalized spacial score (nSPS) is 17.4. The third-order valence-electron chi connectivity index (χ3n) is 4.08. The number of nitrogens with one attached hydrogen (secondary N) is 1. The third-order valence-corrected chi connectivity index (χ3v) is 4.49. The van der Waals surface area contributed by atoms with Crippen LogP contribution in [0, 0.1) is 0 Å². The van der Waals surface area contributed by atoms with E-state index in [0.717, 1.165) is 35.3 Å². The van der Waals surface area contributed by atoms with Crippen LogP contribution >= 0.6 is 15.9 Å². The maximum Gasteiger partial charge on any atom is 0.289 e. The number of fused-ring (bicyclic) bond motifs is 1. The first-order chi connectivity index (χ1) is 11.7. The van der Waals surface area contributed by atoms with Gasteiger partial charge in [-0.15, -0.1) is 0 Å². The second-order valence-corrected chi connectivity index (χ2v) is 6.60. The minimum atomic E-state index is -0.247. The number of rotatable bonds is 3. The SMILES string of the molecule is O=C(NC1CCN(c2nccn3cccc23)C1)c1ncc(Br)cn1. The van der Waals surface area contributed by atoms with Gasteiger partial charge in [-0.3, -0.25) is 4.79 Å². The van der Waals surface area contributed by atoms with Crippen LogP contribution < -0.4 is 10.2 Å². The second-order valence-electron chi connectivity index (χ2n) is 5.68. The first-order valence-electron chi connectivity index (χ1n) is 7.66. The van der Waals surface area contributed by atoms with Gasteiger partial charge in [0.05, 0.1) is 9.99 Å². The van der Waals surface area contributed by atoms with Crippen LogP contribution in [-0.4, -0.2) is 44.4 Å². The van der Waals surface area contributed by atoms with Crippen molar-refractivity contribution in [2.24, 2.45) is 0 Å². The minimum Gasteiger partial charge on any atom is -0.353 e. The van der Waals surface area contributed by atoms with Crippen molar-refractivity contribution in [3.05, 3.63) is 53.4 Å². The molecule has 4 heterocycles. The van der Waals surface area contributed by atoms with Gasteiger partial charge in [-0.1, -0.05) is 0 Å². The molecule has 0 aliphatic carbocycles. The van der Waals surface area contributed by atoms with Crippen molar-refractivity contribution in [2.75, 3.05) is 18.0 Å². The maximum atomic E-state index is 12.2. The summed E-state index contributed by atoms with van der Waals surface area (Å²) in [5, 5.41) is 3.00. The highest BCUT2D eigenvalue weighted by Crippen LogP contribution is 2.23. The van der Waals surface area contributed by atoms with Crippen molar-refractivity contribution in [1.82, 2.24) is 24.7 Å². The van der Waals surface area contributed by atoms with Gasteiger partial charge >= 0.3 is 0 Å². The number of nitrogens with zero attached hydrogens (tertiary/aromatic N) is 5. The number of anilines is 1. The van der Waals surface area contributed by atoms with Crippen LogP contribution in [0.15, 0.2) is 47.6 Å². The first-order valence-corrected chi connectivity index (χ1v) is 8.45. The van der Waals surface area contributed by atoms with Crippen molar-refractivity contribution < 1.29 is 4.79 Å².